The molecule has 0 aliphatic carbocycles. The van der Waals surface area contributed by atoms with Crippen molar-refractivity contribution < 1.29 is 8.82 Å². The summed E-state index contributed by atoms with van der Waals surface area (Å²) in [5.74, 6) is -0.344. The van der Waals surface area contributed by atoms with Crippen LogP contribution >= 0.6 is 0 Å². The predicted molar refractivity (Wildman–Crippen MR) is 92.1 cm³/mol. The number of pyridine rings is 2. The molecular formula is C17H23FN2O2Si. The van der Waals surface area contributed by atoms with Gasteiger partial charge in [0.15, 0.2) is 9.76 Å². The lowest BCUT2D eigenvalue weighted by Crippen LogP contribution is -2.41. The Hall–Kier alpha value is -1.53. The molecule has 1 unspecified atom stereocenters. The predicted octanol–water partition coefficient (Wildman–Crippen LogP) is 2.73. The molecule has 0 spiro atoms. The Labute approximate surface area is 137 Å². The van der Waals surface area contributed by atoms with Crippen molar-refractivity contribution >= 4 is 20.8 Å². The van der Waals surface area contributed by atoms with Gasteiger partial charge in [0.05, 0.1) is 28.9 Å². The van der Waals surface area contributed by atoms with Gasteiger partial charge in [-0.05, 0) is 25.0 Å². The normalized spacial score (nSPS) is 18.4. The molecule has 0 amide bonds. The largest absolute Gasteiger partial charge is 0.416 e. The summed E-state index contributed by atoms with van der Waals surface area (Å²) >= 11 is 0. The van der Waals surface area contributed by atoms with Crippen LogP contribution in [0.4, 0.5) is 4.39 Å². The minimum Gasteiger partial charge on any atom is -0.416 e. The lowest BCUT2D eigenvalue weighted by Gasteiger charge is -2.36. The van der Waals surface area contributed by atoms with Crippen LogP contribution in [-0.4, -0.2) is 24.9 Å². The van der Waals surface area contributed by atoms with E-state index in [2.05, 4.69) is 25.8 Å². The van der Waals surface area contributed by atoms with E-state index in [-0.39, 0.29) is 22.5 Å². The molecule has 2 aromatic rings. The van der Waals surface area contributed by atoms with Gasteiger partial charge in [0, 0.05) is 18.1 Å². The molecule has 1 aliphatic heterocycles. The zero-order valence-electron chi connectivity index (χ0n) is 14.3. The smallest absolute Gasteiger partial charge is 0.251 e. The average Bonchev–Trinajstić information content (AvgIpc) is 2.86. The van der Waals surface area contributed by atoms with Gasteiger partial charge in [0.25, 0.3) is 5.56 Å². The van der Waals surface area contributed by atoms with E-state index in [1.54, 1.807) is 10.6 Å². The summed E-state index contributed by atoms with van der Waals surface area (Å²) in [4.78, 5) is 16.6. The number of nitrogens with zero attached hydrogens (tertiary/aromatic N) is 2. The zero-order valence-corrected chi connectivity index (χ0v) is 15.7. The first-order valence-corrected chi connectivity index (χ1v) is 9.21. The highest BCUT2D eigenvalue weighted by Gasteiger charge is 2.39. The van der Waals surface area contributed by atoms with Crippen molar-refractivity contribution in [2.75, 3.05) is 0 Å². The van der Waals surface area contributed by atoms with Gasteiger partial charge in [0.2, 0.25) is 0 Å². The van der Waals surface area contributed by atoms with Crippen LogP contribution in [0.1, 0.15) is 46.2 Å². The van der Waals surface area contributed by atoms with Crippen LogP contribution in [0.15, 0.2) is 23.1 Å². The third kappa shape index (κ3) is 2.85. The van der Waals surface area contributed by atoms with E-state index < -0.39 is 15.4 Å². The maximum atomic E-state index is 14.2. The number of rotatable bonds is 3. The molecule has 3 heterocycles. The fraction of sp³-hybridized carbons (Fsp3) is 0.529. The lowest BCUT2D eigenvalue weighted by molar-refractivity contribution is 0.0527. The highest BCUT2D eigenvalue weighted by Crippen LogP contribution is 2.39. The molecule has 0 bridgehead atoms. The van der Waals surface area contributed by atoms with Crippen molar-refractivity contribution in [3.63, 3.8) is 0 Å². The van der Waals surface area contributed by atoms with Gasteiger partial charge in [-0.15, -0.1) is 0 Å². The molecule has 1 atom stereocenters. The Morgan fingerprint density at radius 2 is 2.00 bits per heavy atom. The van der Waals surface area contributed by atoms with Crippen LogP contribution in [0.25, 0.3) is 11.0 Å². The Kier molecular flexibility index (Phi) is 3.72. The average molecular weight is 334 g/mol. The first kappa shape index (κ1) is 16.3. The Morgan fingerprint density at radius 3 is 2.65 bits per heavy atom. The van der Waals surface area contributed by atoms with Crippen LogP contribution in [0.2, 0.25) is 5.04 Å². The van der Waals surface area contributed by atoms with Gasteiger partial charge in [-0.2, -0.15) is 0 Å². The zero-order chi connectivity index (χ0) is 17.0. The van der Waals surface area contributed by atoms with Gasteiger partial charge >= 0.3 is 0 Å². The number of hydrogen-bond donors (Lipinski definition) is 0. The number of hydrogen-bond acceptors (Lipinski definition) is 3. The molecule has 0 saturated heterocycles. The quantitative estimate of drug-likeness (QED) is 0.811. The second kappa shape index (κ2) is 5.24. The van der Waals surface area contributed by atoms with E-state index in [9.17, 15) is 9.18 Å². The minimum atomic E-state index is -0.787. The van der Waals surface area contributed by atoms with Crippen LogP contribution in [0, 0.1) is 5.82 Å². The first-order valence-electron chi connectivity index (χ1n) is 7.93. The topological polar surface area (TPSA) is 44.1 Å². The van der Waals surface area contributed by atoms with Gasteiger partial charge in [-0.3, -0.25) is 9.78 Å². The van der Waals surface area contributed by atoms with Gasteiger partial charge in [0.1, 0.15) is 5.82 Å². The fourth-order valence-corrected chi connectivity index (χ4v) is 4.11. The van der Waals surface area contributed by atoms with Gasteiger partial charge < -0.3 is 8.99 Å². The van der Waals surface area contributed by atoms with Crippen molar-refractivity contribution in [1.29, 1.82) is 0 Å². The minimum absolute atomic E-state index is 0.122. The first-order chi connectivity index (χ1) is 10.6. The van der Waals surface area contributed by atoms with Gasteiger partial charge in [-0.25, -0.2) is 4.39 Å². The molecule has 124 valence electrons. The molecule has 0 aromatic carbocycles. The van der Waals surface area contributed by atoms with E-state index in [0.29, 0.717) is 23.0 Å². The standard InChI is InChI=1S/C17H23FN2O2Si/c1-16(2,3)23-22-17(4,5)13-8-10-11(18)9-19-12-6-7-14(21)20(13)15(10)12/h6-7,9,13H,8,23H2,1-5H3. The summed E-state index contributed by atoms with van der Waals surface area (Å²) in [7, 11) is -0.787. The third-order valence-corrected chi connectivity index (χ3v) is 6.14. The maximum Gasteiger partial charge on any atom is 0.251 e. The summed E-state index contributed by atoms with van der Waals surface area (Å²) in [6, 6.07) is 2.96. The number of halogens is 1. The Bertz CT molecular complexity index is 824. The molecule has 6 heteroatoms. The van der Waals surface area contributed by atoms with Crippen LogP contribution in [0.3, 0.4) is 0 Å². The molecule has 0 saturated carbocycles. The van der Waals surface area contributed by atoms with Crippen molar-refractivity contribution in [3.8, 4) is 0 Å². The lowest BCUT2D eigenvalue weighted by atomic mass is 9.95. The van der Waals surface area contributed by atoms with E-state index in [1.165, 1.54) is 12.3 Å². The van der Waals surface area contributed by atoms with Crippen LogP contribution < -0.4 is 5.56 Å². The van der Waals surface area contributed by atoms with E-state index in [0.717, 1.165) is 0 Å². The molecule has 4 nitrogen and oxygen atoms in total. The van der Waals surface area contributed by atoms with E-state index in [1.807, 2.05) is 13.8 Å². The van der Waals surface area contributed by atoms with E-state index in [4.69, 9.17) is 4.43 Å². The summed E-state index contributed by atoms with van der Waals surface area (Å²) in [5.41, 5.74) is 1.21. The summed E-state index contributed by atoms with van der Waals surface area (Å²) in [6.45, 7) is 10.5. The Morgan fingerprint density at radius 1 is 1.30 bits per heavy atom. The maximum absolute atomic E-state index is 14.2. The van der Waals surface area contributed by atoms with Crippen molar-refractivity contribution in [3.05, 3.63) is 40.1 Å². The summed E-state index contributed by atoms with van der Waals surface area (Å²) in [5, 5.41) is 0.159. The Balaban J connectivity index is 2.08. The molecule has 3 rings (SSSR count). The second-order valence-electron chi connectivity index (χ2n) is 8.03. The molecule has 2 aromatic heterocycles. The van der Waals surface area contributed by atoms with Crippen LogP contribution in [0.5, 0.6) is 0 Å². The van der Waals surface area contributed by atoms with Gasteiger partial charge in [-0.1, -0.05) is 20.8 Å². The van der Waals surface area contributed by atoms with Crippen molar-refractivity contribution in [2.24, 2.45) is 0 Å². The molecule has 1 aliphatic rings. The highest BCUT2D eigenvalue weighted by molar-refractivity contribution is 6.31. The number of aromatic nitrogens is 2. The van der Waals surface area contributed by atoms with E-state index >= 15 is 0 Å². The fourth-order valence-electron chi connectivity index (χ4n) is 3.11. The SMILES string of the molecule is CC(C)(C)[SiH2]OC(C)(C)C1Cc2c(F)cnc3ccc(=O)n1c23. The van der Waals surface area contributed by atoms with Crippen molar-refractivity contribution in [1.82, 2.24) is 9.55 Å². The molecule has 0 N–H and O–H groups in total. The second-order valence-corrected chi connectivity index (χ2v) is 10.7. The summed E-state index contributed by atoms with van der Waals surface area (Å²) < 4.78 is 22.2. The molecule has 0 radical (unpaired) electrons. The molecular weight excluding hydrogens is 311 g/mol. The van der Waals surface area contributed by atoms with Crippen LogP contribution in [-0.2, 0) is 10.8 Å². The van der Waals surface area contributed by atoms with Crippen molar-refractivity contribution in [2.45, 2.75) is 57.7 Å². The summed E-state index contributed by atoms with van der Waals surface area (Å²) in [6.07, 6.45) is 1.71. The highest BCUT2D eigenvalue weighted by atomic mass is 28.2. The monoisotopic (exact) mass is 334 g/mol. The third-order valence-electron chi connectivity index (χ3n) is 4.38. The molecule has 23 heavy (non-hydrogen) atoms. The molecule has 0 fully saturated rings.